The summed E-state index contributed by atoms with van der Waals surface area (Å²) in [6.45, 7) is 10.7. The lowest BCUT2D eigenvalue weighted by Crippen LogP contribution is -2.43. The number of nitrogens with one attached hydrogen (secondary N) is 1. The number of sulfonamides is 1. The number of hydrogen-bond donors (Lipinski definition) is 1. The molecule has 0 aliphatic rings. The smallest absolute Gasteiger partial charge is 0.227 e. The van der Waals surface area contributed by atoms with Crippen LogP contribution >= 0.6 is 0 Å². The standard InChI is InChI=1S/C11H23N3O2S/c1-9(2)14(10(3)4)7-6-13-17(15,16)11(5)8-12/h9-11,13H,6-7H2,1-5H3. The second-order valence-electron chi connectivity index (χ2n) is 4.64. The van der Waals surface area contributed by atoms with Crippen molar-refractivity contribution in [1.82, 2.24) is 9.62 Å². The molecular weight excluding hydrogens is 238 g/mol. The maximum atomic E-state index is 11.5. The summed E-state index contributed by atoms with van der Waals surface area (Å²) in [7, 11) is -3.50. The highest BCUT2D eigenvalue weighted by molar-refractivity contribution is 7.90. The highest BCUT2D eigenvalue weighted by atomic mass is 32.2. The summed E-state index contributed by atoms with van der Waals surface area (Å²) in [6, 6.07) is 2.46. The topological polar surface area (TPSA) is 73.2 Å². The van der Waals surface area contributed by atoms with Crippen LogP contribution in [0.25, 0.3) is 0 Å². The molecule has 0 aromatic heterocycles. The van der Waals surface area contributed by atoms with Gasteiger partial charge in [0, 0.05) is 25.2 Å². The molecule has 0 aliphatic carbocycles. The minimum atomic E-state index is -3.50. The average molecular weight is 261 g/mol. The van der Waals surface area contributed by atoms with Gasteiger partial charge in [-0.15, -0.1) is 0 Å². The molecule has 0 aliphatic heterocycles. The van der Waals surface area contributed by atoms with Gasteiger partial charge in [-0.05, 0) is 34.6 Å². The van der Waals surface area contributed by atoms with Crippen LogP contribution in [0.3, 0.4) is 0 Å². The van der Waals surface area contributed by atoms with Gasteiger partial charge < -0.3 is 0 Å². The van der Waals surface area contributed by atoms with Gasteiger partial charge in [-0.1, -0.05) is 0 Å². The Hall–Kier alpha value is -0.640. The highest BCUT2D eigenvalue weighted by Gasteiger charge is 2.20. The zero-order valence-electron chi connectivity index (χ0n) is 11.3. The Labute approximate surface area is 105 Å². The molecule has 0 rings (SSSR count). The van der Waals surface area contributed by atoms with E-state index in [0.717, 1.165) is 0 Å². The quantitative estimate of drug-likeness (QED) is 0.740. The van der Waals surface area contributed by atoms with E-state index in [2.05, 4.69) is 37.3 Å². The summed E-state index contributed by atoms with van der Waals surface area (Å²) < 4.78 is 25.5. The van der Waals surface area contributed by atoms with Crippen LogP contribution in [-0.2, 0) is 10.0 Å². The van der Waals surface area contributed by atoms with Gasteiger partial charge in [0.25, 0.3) is 0 Å². The molecule has 0 amide bonds. The molecule has 0 heterocycles. The van der Waals surface area contributed by atoms with E-state index in [9.17, 15) is 8.42 Å². The maximum Gasteiger partial charge on any atom is 0.227 e. The van der Waals surface area contributed by atoms with Gasteiger partial charge in [0.2, 0.25) is 10.0 Å². The Bertz CT molecular complexity index is 349. The summed E-state index contributed by atoms with van der Waals surface area (Å²) in [5.41, 5.74) is 0. The fraction of sp³-hybridized carbons (Fsp3) is 0.909. The normalized spacial score (nSPS) is 14.3. The zero-order chi connectivity index (χ0) is 13.6. The monoisotopic (exact) mass is 261 g/mol. The van der Waals surface area contributed by atoms with Gasteiger partial charge in [0.15, 0.2) is 5.25 Å². The van der Waals surface area contributed by atoms with Crippen molar-refractivity contribution in [2.75, 3.05) is 13.1 Å². The van der Waals surface area contributed by atoms with Crippen LogP contribution in [0.5, 0.6) is 0 Å². The van der Waals surface area contributed by atoms with E-state index in [1.165, 1.54) is 6.92 Å². The van der Waals surface area contributed by atoms with Crippen LogP contribution < -0.4 is 4.72 Å². The molecule has 6 heteroatoms. The lowest BCUT2D eigenvalue weighted by molar-refractivity contribution is 0.179. The molecular formula is C11H23N3O2S. The summed E-state index contributed by atoms with van der Waals surface area (Å²) in [5.74, 6) is 0. The van der Waals surface area contributed by atoms with E-state index in [-0.39, 0.29) is 0 Å². The van der Waals surface area contributed by atoms with Crippen LogP contribution in [0.2, 0.25) is 0 Å². The first-order chi connectivity index (χ1) is 7.72. The first-order valence-corrected chi connectivity index (χ1v) is 7.40. The van der Waals surface area contributed by atoms with Crippen molar-refractivity contribution in [2.24, 2.45) is 0 Å². The number of rotatable bonds is 7. The van der Waals surface area contributed by atoms with Crippen LogP contribution in [0.4, 0.5) is 0 Å². The van der Waals surface area contributed by atoms with E-state index >= 15 is 0 Å². The van der Waals surface area contributed by atoms with Gasteiger partial charge in [-0.2, -0.15) is 5.26 Å². The maximum absolute atomic E-state index is 11.5. The lowest BCUT2D eigenvalue weighted by Gasteiger charge is -2.30. The number of nitriles is 1. The molecule has 100 valence electrons. The first kappa shape index (κ1) is 16.4. The summed E-state index contributed by atoms with van der Waals surface area (Å²) in [6.07, 6.45) is 0. The van der Waals surface area contributed by atoms with Crippen molar-refractivity contribution in [1.29, 1.82) is 5.26 Å². The van der Waals surface area contributed by atoms with Gasteiger partial charge in [-0.25, -0.2) is 13.1 Å². The van der Waals surface area contributed by atoms with Gasteiger partial charge in [0.1, 0.15) is 0 Å². The molecule has 0 bridgehead atoms. The third kappa shape index (κ3) is 5.48. The molecule has 1 N–H and O–H groups in total. The lowest BCUT2D eigenvalue weighted by atomic mass is 10.2. The van der Waals surface area contributed by atoms with Crippen LogP contribution in [0.1, 0.15) is 34.6 Å². The molecule has 1 atom stereocenters. The van der Waals surface area contributed by atoms with E-state index in [0.29, 0.717) is 25.2 Å². The SMILES string of the molecule is CC(C)N(CCNS(=O)(=O)C(C)C#N)C(C)C. The predicted molar refractivity (Wildman–Crippen MR) is 69.0 cm³/mol. The van der Waals surface area contributed by atoms with E-state index in [1.807, 2.05) is 0 Å². The summed E-state index contributed by atoms with van der Waals surface area (Å²) in [5, 5.41) is 7.57. The zero-order valence-corrected chi connectivity index (χ0v) is 12.1. The molecule has 17 heavy (non-hydrogen) atoms. The molecule has 0 saturated carbocycles. The Balaban J connectivity index is 4.28. The third-order valence-corrected chi connectivity index (χ3v) is 4.29. The van der Waals surface area contributed by atoms with Crippen molar-refractivity contribution in [3.05, 3.63) is 0 Å². The molecule has 0 aromatic rings. The third-order valence-electron chi connectivity index (χ3n) is 2.65. The van der Waals surface area contributed by atoms with Gasteiger partial charge in [0.05, 0.1) is 6.07 Å². The second-order valence-corrected chi connectivity index (χ2v) is 6.72. The van der Waals surface area contributed by atoms with Crippen molar-refractivity contribution in [2.45, 2.75) is 52.0 Å². The highest BCUT2D eigenvalue weighted by Crippen LogP contribution is 2.04. The molecule has 0 spiro atoms. The fourth-order valence-corrected chi connectivity index (χ4v) is 2.39. The van der Waals surface area contributed by atoms with Crippen LogP contribution in [0.15, 0.2) is 0 Å². The Kier molecular flexibility index (Phi) is 6.68. The molecule has 0 aromatic carbocycles. The minimum Gasteiger partial charge on any atom is -0.297 e. The van der Waals surface area contributed by atoms with Crippen molar-refractivity contribution in [3.8, 4) is 6.07 Å². The molecule has 0 saturated heterocycles. The Morgan fingerprint density at radius 1 is 1.18 bits per heavy atom. The van der Waals surface area contributed by atoms with Crippen LogP contribution in [0, 0.1) is 11.3 Å². The number of hydrogen-bond acceptors (Lipinski definition) is 4. The fourth-order valence-electron chi connectivity index (χ4n) is 1.62. The summed E-state index contributed by atoms with van der Waals surface area (Å²) >= 11 is 0. The first-order valence-electron chi connectivity index (χ1n) is 5.86. The molecule has 0 fully saturated rings. The minimum absolute atomic E-state index is 0.338. The van der Waals surface area contributed by atoms with Gasteiger partial charge in [-0.3, -0.25) is 4.90 Å². The number of nitrogens with zero attached hydrogens (tertiary/aromatic N) is 2. The Morgan fingerprint density at radius 3 is 2.00 bits per heavy atom. The largest absolute Gasteiger partial charge is 0.297 e. The van der Waals surface area contributed by atoms with Crippen molar-refractivity contribution in [3.63, 3.8) is 0 Å². The second kappa shape index (κ2) is 6.94. The van der Waals surface area contributed by atoms with Crippen LogP contribution in [-0.4, -0.2) is 43.7 Å². The van der Waals surface area contributed by atoms with Crippen molar-refractivity contribution >= 4 is 10.0 Å². The predicted octanol–water partition coefficient (Wildman–Crippen LogP) is 0.937. The van der Waals surface area contributed by atoms with E-state index < -0.39 is 15.3 Å². The van der Waals surface area contributed by atoms with E-state index in [4.69, 9.17) is 5.26 Å². The van der Waals surface area contributed by atoms with Gasteiger partial charge >= 0.3 is 0 Å². The molecule has 1 unspecified atom stereocenters. The molecule has 0 radical (unpaired) electrons. The average Bonchev–Trinajstić information content (AvgIpc) is 2.21. The van der Waals surface area contributed by atoms with Crippen molar-refractivity contribution < 1.29 is 8.42 Å². The molecule has 5 nitrogen and oxygen atoms in total. The Morgan fingerprint density at radius 2 is 1.65 bits per heavy atom. The summed E-state index contributed by atoms with van der Waals surface area (Å²) in [4.78, 5) is 2.19. The van der Waals surface area contributed by atoms with E-state index in [1.54, 1.807) is 6.07 Å².